The van der Waals surface area contributed by atoms with E-state index in [4.69, 9.17) is 9.84 Å². The van der Waals surface area contributed by atoms with E-state index >= 15 is 0 Å². The van der Waals surface area contributed by atoms with Crippen LogP contribution in [0.1, 0.15) is 65.7 Å². The molecule has 1 rings (SSSR count). The minimum absolute atomic E-state index is 0.0131. The number of ether oxygens (including phenoxy) is 1. The molecular formula is C16H29NO4. The first-order valence-corrected chi connectivity index (χ1v) is 8.13. The molecule has 0 spiro atoms. The molecule has 0 bridgehead atoms. The largest absolute Gasteiger partial charge is 0.481 e. The Morgan fingerprint density at radius 3 is 2.33 bits per heavy atom. The number of carbonyl (C=O) groups is 2. The third-order valence-electron chi connectivity index (χ3n) is 4.03. The molecule has 21 heavy (non-hydrogen) atoms. The van der Waals surface area contributed by atoms with Gasteiger partial charge in [-0.05, 0) is 33.1 Å². The van der Waals surface area contributed by atoms with Crippen molar-refractivity contribution < 1.29 is 19.4 Å². The molecule has 1 aliphatic carbocycles. The molecule has 0 saturated heterocycles. The summed E-state index contributed by atoms with van der Waals surface area (Å²) in [6, 6.07) is -0.0131. The van der Waals surface area contributed by atoms with Crippen LogP contribution in [-0.2, 0) is 14.3 Å². The van der Waals surface area contributed by atoms with E-state index in [2.05, 4.69) is 0 Å². The lowest BCUT2D eigenvalue weighted by Crippen LogP contribution is -2.46. The third kappa shape index (κ3) is 6.04. The Hall–Kier alpha value is -1.10. The molecule has 0 aliphatic heterocycles. The second-order valence-corrected chi connectivity index (χ2v) is 6.06. The first kappa shape index (κ1) is 18.0. The molecule has 5 nitrogen and oxygen atoms in total. The van der Waals surface area contributed by atoms with Crippen LogP contribution in [0.3, 0.4) is 0 Å². The average molecular weight is 299 g/mol. The number of rotatable bonds is 8. The van der Waals surface area contributed by atoms with E-state index in [0.29, 0.717) is 6.42 Å². The highest BCUT2D eigenvalue weighted by Gasteiger charge is 2.28. The van der Waals surface area contributed by atoms with Crippen LogP contribution in [0, 0.1) is 0 Å². The Balaban J connectivity index is 2.61. The van der Waals surface area contributed by atoms with Crippen LogP contribution in [0.5, 0.6) is 0 Å². The predicted molar refractivity (Wildman–Crippen MR) is 81.1 cm³/mol. The summed E-state index contributed by atoms with van der Waals surface area (Å²) < 4.78 is 6.00. The molecule has 0 aromatic heterocycles. The smallest absolute Gasteiger partial charge is 0.305 e. The highest BCUT2D eigenvalue weighted by atomic mass is 16.5. The van der Waals surface area contributed by atoms with Gasteiger partial charge >= 0.3 is 5.97 Å². The van der Waals surface area contributed by atoms with Gasteiger partial charge in [0.2, 0.25) is 0 Å². The second-order valence-electron chi connectivity index (χ2n) is 6.06. The minimum Gasteiger partial charge on any atom is -0.481 e. The Morgan fingerprint density at radius 1 is 1.24 bits per heavy atom. The normalized spacial score (nSPS) is 17.7. The van der Waals surface area contributed by atoms with Gasteiger partial charge in [-0.25, -0.2) is 0 Å². The van der Waals surface area contributed by atoms with Crippen molar-refractivity contribution in [2.24, 2.45) is 0 Å². The van der Waals surface area contributed by atoms with Crippen LogP contribution in [0.2, 0.25) is 0 Å². The number of hydrogen-bond donors (Lipinski definition) is 1. The van der Waals surface area contributed by atoms with Crippen molar-refractivity contribution in [3.63, 3.8) is 0 Å². The van der Waals surface area contributed by atoms with Gasteiger partial charge in [0.25, 0.3) is 5.91 Å². The van der Waals surface area contributed by atoms with Gasteiger partial charge < -0.3 is 14.7 Å². The van der Waals surface area contributed by atoms with Crippen molar-refractivity contribution in [3.8, 4) is 0 Å². The molecule has 1 unspecified atom stereocenters. The van der Waals surface area contributed by atoms with Crippen LogP contribution >= 0.6 is 0 Å². The van der Waals surface area contributed by atoms with Crippen LogP contribution in [0.4, 0.5) is 0 Å². The maximum Gasteiger partial charge on any atom is 0.305 e. The highest BCUT2D eigenvalue weighted by Crippen LogP contribution is 2.23. The molecule has 0 heterocycles. The van der Waals surface area contributed by atoms with Crippen LogP contribution < -0.4 is 0 Å². The summed E-state index contributed by atoms with van der Waals surface area (Å²) in [5.74, 6) is -0.950. The third-order valence-corrected chi connectivity index (χ3v) is 4.03. The van der Waals surface area contributed by atoms with Crippen molar-refractivity contribution in [3.05, 3.63) is 0 Å². The van der Waals surface area contributed by atoms with Gasteiger partial charge in [0.1, 0.15) is 6.10 Å². The molecule has 1 aliphatic rings. The minimum atomic E-state index is -0.880. The van der Waals surface area contributed by atoms with Crippen LogP contribution in [0.15, 0.2) is 0 Å². The van der Waals surface area contributed by atoms with Crippen molar-refractivity contribution in [1.29, 1.82) is 0 Å². The first-order chi connectivity index (χ1) is 9.95. The lowest BCUT2D eigenvalue weighted by Gasteiger charge is -2.32. The van der Waals surface area contributed by atoms with E-state index in [1.54, 1.807) is 4.90 Å². The van der Waals surface area contributed by atoms with E-state index in [-0.39, 0.29) is 31.0 Å². The Morgan fingerprint density at radius 2 is 1.86 bits per heavy atom. The summed E-state index contributed by atoms with van der Waals surface area (Å²) in [5.41, 5.74) is 0. The van der Waals surface area contributed by atoms with Gasteiger partial charge in [0.05, 0.1) is 12.5 Å². The van der Waals surface area contributed by atoms with E-state index in [9.17, 15) is 9.59 Å². The highest BCUT2D eigenvalue weighted by molar-refractivity contribution is 5.81. The summed E-state index contributed by atoms with van der Waals surface area (Å²) in [7, 11) is 0. The Kier molecular flexibility index (Phi) is 7.72. The molecule has 122 valence electrons. The van der Waals surface area contributed by atoms with E-state index < -0.39 is 12.1 Å². The topological polar surface area (TPSA) is 66.8 Å². The number of carboxylic acid groups (broad SMARTS) is 1. The summed E-state index contributed by atoms with van der Waals surface area (Å²) >= 11 is 0. The van der Waals surface area contributed by atoms with E-state index in [1.807, 2.05) is 20.8 Å². The Bertz CT molecular complexity index is 337. The van der Waals surface area contributed by atoms with Crippen molar-refractivity contribution >= 4 is 11.9 Å². The summed E-state index contributed by atoms with van der Waals surface area (Å²) in [6.07, 6.45) is 5.99. The van der Waals surface area contributed by atoms with Gasteiger partial charge in [0.15, 0.2) is 0 Å². The number of carboxylic acids is 1. The Labute approximate surface area is 127 Å². The number of hydrogen-bond acceptors (Lipinski definition) is 3. The maximum absolute atomic E-state index is 12.6. The number of amides is 1. The van der Waals surface area contributed by atoms with Crippen LogP contribution in [-0.4, -0.2) is 46.7 Å². The van der Waals surface area contributed by atoms with Crippen molar-refractivity contribution in [2.45, 2.75) is 84.0 Å². The zero-order valence-electron chi connectivity index (χ0n) is 13.5. The molecule has 1 fully saturated rings. The summed E-state index contributed by atoms with van der Waals surface area (Å²) in [6.45, 7) is 6.01. The molecular weight excluding hydrogens is 270 g/mol. The molecule has 0 aromatic carbocycles. The summed E-state index contributed by atoms with van der Waals surface area (Å²) in [4.78, 5) is 25.0. The van der Waals surface area contributed by atoms with Gasteiger partial charge in [-0.1, -0.05) is 26.2 Å². The van der Waals surface area contributed by atoms with Crippen LogP contribution in [0.25, 0.3) is 0 Å². The van der Waals surface area contributed by atoms with Gasteiger partial charge in [-0.15, -0.1) is 0 Å². The average Bonchev–Trinajstić information content (AvgIpc) is 2.45. The molecule has 1 atom stereocenters. The van der Waals surface area contributed by atoms with Crippen molar-refractivity contribution in [2.75, 3.05) is 6.54 Å². The second kappa shape index (κ2) is 9.03. The van der Waals surface area contributed by atoms with Crippen molar-refractivity contribution in [1.82, 2.24) is 4.90 Å². The number of nitrogens with zero attached hydrogens (tertiary/aromatic N) is 1. The molecule has 1 saturated carbocycles. The first-order valence-electron chi connectivity index (χ1n) is 8.13. The zero-order valence-corrected chi connectivity index (χ0v) is 13.5. The molecule has 0 radical (unpaired) electrons. The fraction of sp³-hybridized carbons (Fsp3) is 0.875. The quantitative estimate of drug-likeness (QED) is 0.748. The molecule has 0 aromatic rings. The van der Waals surface area contributed by atoms with Gasteiger partial charge in [-0.2, -0.15) is 0 Å². The van der Waals surface area contributed by atoms with E-state index in [0.717, 1.165) is 12.8 Å². The monoisotopic (exact) mass is 299 g/mol. The standard InChI is InChI=1S/C16H29NO4/c1-4-14(21-13-8-6-5-7-9-13)16(20)17(12(2)3)11-10-15(18)19/h12-14H,4-11H2,1-3H3,(H,18,19). The molecule has 1 N–H and O–H groups in total. The fourth-order valence-corrected chi connectivity index (χ4v) is 2.79. The predicted octanol–water partition coefficient (Wildman–Crippen LogP) is 2.83. The van der Waals surface area contributed by atoms with E-state index in [1.165, 1.54) is 19.3 Å². The zero-order chi connectivity index (χ0) is 15.8. The molecule has 5 heteroatoms. The van der Waals surface area contributed by atoms with Gasteiger partial charge in [-0.3, -0.25) is 9.59 Å². The summed E-state index contributed by atoms with van der Waals surface area (Å²) in [5, 5.41) is 8.81. The number of carbonyl (C=O) groups excluding carboxylic acids is 1. The SMILES string of the molecule is CCC(OC1CCCCC1)C(=O)N(CCC(=O)O)C(C)C. The number of aliphatic carboxylic acids is 1. The lowest BCUT2D eigenvalue weighted by molar-refractivity contribution is -0.151. The fourth-order valence-electron chi connectivity index (χ4n) is 2.79. The molecule has 1 amide bonds. The maximum atomic E-state index is 12.6. The van der Waals surface area contributed by atoms with Gasteiger partial charge in [0, 0.05) is 12.6 Å². The lowest BCUT2D eigenvalue weighted by atomic mass is 9.97.